The summed E-state index contributed by atoms with van der Waals surface area (Å²) in [5.74, 6) is -1.30. The lowest BCUT2D eigenvalue weighted by molar-refractivity contribution is -0.138. The van der Waals surface area contributed by atoms with E-state index in [9.17, 15) is 9.59 Å². The molecule has 0 saturated heterocycles. The number of unbranched alkanes of at least 4 members (excludes halogenated alkanes) is 36. The maximum absolute atomic E-state index is 10.5. The van der Waals surface area contributed by atoms with Gasteiger partial charge in [-0.05, 0) is 12.8 Å². The maximum Gasteiger partial charge on any atom is 0.303 e. The van der Waals surface area contributed by atoms with Gasteiger partial charge in [-0.3, -0.25) is 9.59 Å². The monoisotopic (exact) mass is 637 g/mol. The van der Waals surface area contributed by atoms with Crippen LogP contribution in [0.1, 0.15) is 250 Å². The van der Waals surface area contributed by atoms with Gasteiger partial charge in [0.05, 0.1) is 0 Å². The summed E-state index contributed by atoms with van der Waals surface area (Å²) in [6.45, 7) is 0. The summed E-state index contributed by atoms with van der Waals surface area (Å²) < 4.78 is 0. The van der Waals surface area contributed by atoms with Crippen LogP contribution < -0.4 is 0 Å². The first-order chi connectivity index (χ1) is 22.1. The minimum absolute atomic E-state index is 0.341. The van der Waals surface area contributed by atoms with Gasteiger partial charge in [0.1, 0.15) is 0 Å². The highest BCUT2D eigenvalue weighted by molar-refractivity contribution is 5.66. The van der Waals surface area contributed by atoms with E-state index in [1.54, 1.807) is 0 Å². The molecule has 0 aromatic heterocycles. The van der Waals surface area contributed by atoms with Gasteiger partial charge in [-0.2, -0.15) is 0 Å². The van der Waals surface area contributed by atoms with E-state index in [1.807, 2.05) is 0 Å². The maximum atomic E-state index is 10.5. The van der Waals surface area contributed by atoms with Crippen molar-refractivity contribution in [3.8, 4) is 0 Å². The van der Waals surface area contributed by atoms with Crippen LogP contribution >= 0.6 is 0 Å². The van der Waals surface area contributed by atoms with Crippen molar-refractivity contribution in [3.05, 3.63) is 0 Å². The van der Waals surface area contributed by atoms with Crippen molar-refractivity contribution in [2.75, 3.05) is 0 Å². The number of carbonyl (C=O) groups is 2. The Balaban J connectivity index is 3.05. The topological polar surface area (TPSA) is 74.6 Å². The molecular weight excluding hydrogens is 556 g/mol. The molecule has 0 aromatic carbocycles. The molecule has 268 valence electrons. The Morgan fingerprint density at radius 1 is 0.200 bits per heavy atom. The largest absolute Gasteiger partial charge is 0.481 e. The number of carboxylic acids is 2. The van der Waals surface area contributed by atoms with Crippen molar-refractivity contribution < 1.29 is 19.8 Å². The predicted octanol–water partition coefficient (Wildman–Crippen LogP) is 14.4. The third-order valence-electron chi connectivity index (χ3n) is 9.78. The van der Waals surface area contributed by atoms with E-state index in [1.165, 1.54) is 212 Å². The quantitative estimate of drug-likeness (QED) is 0.0656. The van der Waals surface area contributed by atoms with Gasteiger partial charge in [-0.1, -0.05) is 225 Å². The molecule has 0 fully saturated rings. The molecule has 0 aliphatic rings. The Hall–Kier alpha value is -1.06. The van der Waals surface area contributed by atoms with Crippen LogP contribution in [-0.4, -0.2) is 22.2 Å². The molecule has 0 rings (SSSR count). The van der Waals surface area contributed by atoms with Gasteiger partial charge in [-0.25, -0.2) is 0 Å². The highest BCUT2D eigenvalue weighted by Gasteiger charge is 1.99. The summed E-state index contributed by atoms with van der Waals surface area (Å²) in [5.41, 5.74) is 0. The fourth-order valence-electron chi connectivity index (χ4n) is 6.74. The first-order valence-corrected chi connectivity index (χ1v) is 20.6. The highest BCUT2D eigenvalue weighted by atomic mass is 16.4. The van der Waals surface area contributed by atoms with E-state index in [4.69, 9.17) is 10.2 Å². The van der Waals surface area contributed by atoms with Crippen LogP contribution in [0.3, 0.4) is 0 Å². The van der Waals surface area contributed by atoms with Gasteiger partial charge in [-0.15, -0.1) is 0 Å². The van der Waals surface area contributed by atoms with E-state index in [0.29, 0.717) is 12.8 Å². The van der Waals surface area contributed by atoms with E-state index < -0.39 is 11.9 Å². The second-order valence-corrected chi connectivity index (χ2v) is 14.4. The molecule has 0 spiro atoms. The van der Waals surface area contributed by atoms with Crippen molar-refractivity contribution in [3.63, 3.8) is 0 Å². The second-order valence-electron chi connectivity index (χ2n) is 14.4. The van der Waals surface area contributed by atoms with E-state index >= 15 is 0 Å². The number of aliphatic carboxylic acids is 2. The van der Waals surface area contributed by atoms with Crippen molar-refractivity contribution in [2.24, 2.45) is 0 Å². The summed E-state index contributed by atoms with van der Waals surface area (Å²) in [6, 6.07) is 0. The molecule has 4 nitrogen and oxygen atoms in total. The van der Waals surface area contributed by atoms with Gasteiger partial charge in [0.15, 0.2) is 0 Å². The molecule has 0 atom stereocenters. The smallest absolute Gasteiger partial charge is 0.303 e. The average Bonchev–Trinajstić information content (AvgIpc) is 3.02. The first kappa shape index (κ1) is 43.9. The van der Waals surface area contributed by atoms with Crippen LogP contribution in [0, 0.1) is 0 Å². The number of carboxylic acid groups (broad SMARTS) is 2. The zero-order chi connectivity index (χ0) is 32.7. The Kier molecular flexibility index (Phi) is 38.2. The Bertz CT molecular complexity index is 540. The van der Waals surface area contributed by atoms with Crippen LogP contribution in [0.4, 0.5) is 0 Å². The summed E-state index contributed by atoms with van der Waals surface area (Å²) in [7, 11) is 0. The van der Waals surface area contributed by atoms with Gasteiger partial charge in [0.2, 0.25) is 0 Å². The minimum atomic E-state index is -0.652. The summed E-state index contributed by atoms with van der Waals surface area (Å²) >= 11 is 0. The third kappa shape index (κ3) is 42.9. The SMILES string of the molecule is O=C(O)CCCCCCCCCCCCCCCCCCCCCCCCCCCCCCCCCCCCCCCC(=O)O. The normalized spacial score (nSPS) is 11.4. The molecule has 0 aromatic rings. The van der Waals surface area contributed by atoms with E-state index in [2.05, 4.69) is 0 Å². The molecule has 45 heavy (non-hydrogen) atoms. The fourth-order valence-corrected chi connectivity index (χ4v) is 6.74. The molecule has 4 heteroatoms. The van der Waals surface area contributed by atoms with Crippen LogP contribution in [0.25, 0.3) is 0 Å². The average molecular weight is 637 g/mol. The highest BCUT2D eigenvalue weighted by Crippen LogP contribution is 2.17. The third-order valence-corrected chi connectivity index (χ3v) is 9.78. The molecule has 0 heterocycles. The minimum Gasteiger partial charge on any atom is -0.481 e. The lowest BCUT2D eigenvalue weighted by atomic mass is 10.0. The molecule has 0 saturated carbocycles. The van der Waals surface area contributed by atoms with Crippen molar-refractivity contribution >= 4 is 11.9 Å². The van der Waals surface area contributed by atoms with Crippen LogP contribution in [0.5, 0.6) is 0 Å². The molecule has 0 radical (unpaired) electrons. The Labute approximate surface area is 281 Å². The molecule has 0 amide bonds. The number of hydrogen-bond acceptors (Lipinski definition) is 2. The molecule has 0 aliphatic carbocycles. The van der Waals surface area contributed by atoms with E-state index in [-0.39, 0.29) is 0 Å². The van der Waals surface area contributed by atoms with Crippen LogP contribution in [0.15, 0.2) is 0 Å². The van der Waals surface area contributed by atoms with Gasteiger partial charge < -0.3 is 10.2 Å². The number of hydrogen-bond donors (Lipinski definition) is 2. The summed E-state index contributed by atoms with van der Waals surface area (Å²) in [5, 5.41) is 17.3. The molecular formula is C41H80O4. The van der Waals surface area contributed by atoms with Crippen molar-refractivity contribution in [1.29, 1.82) is 0 Å². The Morgan fingerprint density at radius 3 is 0.378 bits per heavy atom. The van der Waals surface area contributed by atoms with Gasteiger partial charge >= 0.3 is 11.9 Å². The summed E-state index contributed by atoms with van der Waals surface area (Å²) in [4.78, 5) is 21.0. The van der Waals surface area contributed by atoms with Crippen molar-refractivity contribution in [2.45, 2.75) is 250 Å². The molecule has 2 N–H and O–H groups in total. The molecule has 0 bridgehead atoms. The van der Waals surface area contributed by atoms with E-state index in [0.717, 1.165) is 25.7 Å². The van der Waals surface area contributed by atoms with Crippen LogP contribution in [-0.2, 0) is 9.59 Å². The van der Waals surface area contributed by atoms with Crippen LogP contribution in [0.2, 0.25) is 0 Å². The fraction of sp³-hybridized carbons (Fsp3) is 0.951. The lowest BCUT2D eigenvalue weighted by Crippen LogP contribution is -1.93. The zero-order valence-corrected chi connectivity index (χ0v) is 30.3. The number of rotatable bonds is 40. The van der Waals surface area contributed by atoms with Gasteiger partial charge in [0.25, 0.3) is 0 Å². The second kappa shape index (κ2) is 39.1. The predicted molar refractivity (Wildman–Crippen MR) is 195 cm³/mol. The van der Waals surface area contributed by atoms with Gasteiger partial charge in [0, 0.05) is 12.8 Å². The Morgan fingerprint density at radius 2 is 0.289 bits per heavy atom. The first-order valence-electron chi connectivity index (χ1n) is 20.6. The molecule has 0 aliphatic heterocycles. The zero-order valence-electron chi connectivity index (χ0n) is 30.3. The molecule has 0 unspecified atom stereocenters. The summed E-state index contributed by atoms with van der Waals surface area (Å²) in [6.07, 6.45) is 50.9. The van der Waals surface area contributed by atoms with Crippen molar-refractivity contribution in [1.82, 2.24) is 0 Å². The lowest BCUT2D eigenvalue weighted by Gasteiger charge is -2.05. The standard InChI is InChI=1S/C41H80O4/c42-40(43)38-36-34-32-30-28-26-24-22-20-18-16-14-12-10-8-6-4-2-1-3-5-7-9-11-13-15-17-19-21-23-25-27-29-31-33-35-37-39-41(44)45/h1-39H2,(H,42,43)(H,44,45).